The number of hydrogen-bond donors (Lipinski definition) is 1. The summed E-state index contributed by atoms with van der Waals surface area (Å²) in [6.07, 6.45) is 0.917. The van der Waals surface area contributed by atoms with E-state index in [0.717, 1.165) is 12.0 Å². The van der Waals surface area contributed by atoms with Gasteiger partial charge in [0.25, 0.3) is 0 Å². The van der Waals surface area contributed by atoms with Crippen molar-refractivity contribution >= 4 is 5.91 Å². The molecule has 1 aromatic rings. The van der Waals surface area contributed by atoms with Gasteiger partial charge < -0.3 is 10.6 Å². The number of hydrogen-bond acceptors (Lipinski definition) is 2. The molecule has 0 heterocycles. The second kappa shape index (κ2) is 6.55. The molecule has 100 valence electrons. The number of nitrogens with zero attached hydrogens (tertiary/aromatic N) is 1. The highest BCUT2D eigenvalue weighted by Gasteiger charge is 2.25. The standard InChI is InChI=1S/C15H24N2O/c1-5-11(2)14(16)15(18)17(4)12(3)13-9-7-6-8-10-13/h6-12,14H,5,16H2,1-4H3/t11?,12?,14-/m0/s1. The normalized spacial score (nSPS) is 15.8. The summed E-state index contributed by atoms with van der Waals surface area (Å²) in [5.41, 5.74) is 7.13. The van der Waals surface area contributed by atoms with Crippen LogP contribution in [-0.4, -0.2) is 23.9 Å². The molecule has 0 aliphatic heterocycles. The van der Waals surface area contributed by atoms with E-state index in [1.165, 1.54) is 0 Å². The van der Waals surface area contributed by atoms with Crippen molar-refractivity contribution in [3.05, 3.63) is 35.9 Å². The summed E-state index contributed by atoms with van der Waals surface area (Å²) in [5, 5.41) is 0. The van der Waals surface area contributed by atoms with Crippen LogP contribution in [0.25, 0.3) is 0 Å². The second-order valence-corrected chi connectivity index (χ2v) is 4.95. The minimum Gasteiger partial charge on any atom is -0.338 e. The number of rotatable bonds is 5. The van der Waals surface area contributed by atoms with Gasteiger partial charge in [-0.2, -0.15) is 0 Å². The van der Waals surface area contributed by atoms with Crippen molar-refractivity contribution in [1.29, 1.82) is 0 Å². The van der Waals surface area contributed by atoms with Gasteiger partial charge in [-0.15, -0.1) is 0 Å². The Morgan fingerprint density at radius 2 is 1.83 bits per heavy atom. The molecular weight excluding hydrogens is 224 g/mol. The van der Waals surface area contributed by atoms with Crippen molar-refractivity contribution in [3.63, 3.8) is 0 Å². The monoisotopic (exact) mass is 248 g/mol. The molecular formula is C15H24N2O. The summed E-state index contributed by atoms with van der Waals surface area (Å²) in [7, 11) is 1.82. The van der Waals surface area contributed by atoms with E-state index in [1.54, 1.807) is 4.90 Å². The van der Waals surface area contributed by atoms with E-state index in [2.05, 4.69) is 6.92 Å². The predicted molar refractivity (Wildman–Crippen MR) is 75.1 cm³/mol. The maximum Gasteiger partial charge on any atom is 0.240 e. The first-order valence-electron chi connectivity index (χ1n) is 6.56. The molecule has 0 aliphatic rings. The summed E-state index contributed by atoms with van der Waals surface area (Å²) >= 11 is 0. The molecule has 1 amide bonds. The van der Waals surface area contributed by atoms with Crippen LogP contribution in [0.1, 0.15) is 38.8 Å². The SMILES string of the molecule is CCC(C)[C@H](N)C(=O)N(C)C(C)c1ccccc1. The van der Waals surface area contributed by atoms with Crippen LogP contribution in [-0.2, 0) is 4.79 Å². The predicted octanol–water partition coefficient (Wildman–Crippen LogP) is 2.58. The molecule has 0 bridgehead atoms. The van der Waals surface area contributed by atoms with Crippen LogP contribution in [0.2, 0.25) is 0 Å². The fourth-order valence-corrected chi connectivity index (χ4v) is 1.88. The zero-order chi connectivity index (χ0) is 13.7. The molecule has 0 fully saturated rings. The number of nitrogens with two attached hydrogens (primary N) is 1. The van der Waals surface area contributed by atoms with Gasteiger partial charge in [0.05, 0.1) is 12.1 Å². The maximum absolute atomic E-state index is 12.3. The van der Waals surface area contributed by atoms with Gasteiger partial charge in [0.15, 0.2) is 0 Å². The smallest absolute Gasteiger partial charge is 0.240 e. The fraction of sp³-hybridized carbons (Fsp3) is 0.533. The highest BCUT2D eigenvalue weighted by Crippen LogP contribution is 2.20. The Labute approximate surface area is 110 Å². The minimum absolute atomic E-state index is 0.0145. The van der Waals surface area contributed by atoms with Crippen molar-refractivity contribution in [2.45, 2.75) is 39.3 Å². The zero-order valence-corrected chi connectivity index (χ0v) is 11.8. The van der Waals surface area contributed by atoms with Gasteiger partial charge >= 0.3 is 0 Å². The molecule has 3 heteroatoms. The van der Waals surface area contributed by atoms with Gasteiger partial charge in [0.2, 0.25) is 5.91 Å². The Hall–Kier alpha value is -1.35. The van der Waals surface area contributed by atoms with Crippen molar-refractivity contribution in [3.8, 4) is 0 Å². The summed E-state index contributed by atoms with van der Waals surface area (Å²) < 4.78 is 0. The minimum atomic E-state index is -0.411. The van der Waals surface area contributed by atoms with Crippen molar-refractivity contribution < 1.29 is 4.79 Å². The summed E-state index contributed by atoms with van der Waals surface area (Å²) in [6, 6.07) is 9.65. The number of amides is 1. The van der Waals surface area contributed by atoms with Crippen LogP contribution in [0, 0.1) is 5.92 Å². The summed E-state index contributed by atoms with van der Waals surface area (Å²) in [6.45, 7) is 6.10. The Morgan fingerprint density at radius 1 is 1.28 bits per heavy atom. The molecule has 0 aliphatic carbocycles. The topological polar surface area (TPSA) is 46.3 Å². The third-order valence-corrected chi connectivity index (χ3v) is 3.75. The lowest BCUT2D eigenvalue weighted by atomic mass is 9.98. The quantitative estimate of drug-likeness (QED) is 0.870. The van der Waals surface area contributed by atoms with Crippen LogP contribution in [0.15, 0.2) is 30.3 Å². The Balaban J connectivity index is 2.75. The van der Waals surface area contributed by atoms with Crippen LogP contribution < -0.4 is 5.73 Å². The third kappa shape index (κ3) is 3.33. The average molecular weight is 248 g/mol. The van der Waals surface area contributed by atoms with E-state index >= 15 is 0 Å². The maximum atomic E-state index is 12.3. The third-order valence-electron chi connectivity index (χ3n) is 3.75. The average Bonchev–Trinajstić information content (AvgIpc) is 2.44. The zero-order valence-electron chi connectivity index (χ0n) is 11.8. The first-order chi connectivity index (χ1) is 8.49. The van der Waals surface area contributed by atoms with Gasteiger partial charge in [-0.25, -0.2) is 0 Å². The molecule has 0 radical (unpaired) electrons. The van der Waals surface area contributed by atoms with Gasteiger partial charge in [-0.1, -0.05) is 50.6 Å². The number of likely N-dealkylation sites (N-methyl/N-ethyl adjacent to an activating group) is 1. The van der Waals surface area contributed by atoms with Crippen molar-refractivity contribution in [2.24, 2.45) is 11.7 Å². The lowest BCUT2D eigenvalue weighted by Gasteiger charge is -2.29. The second-order valence-electron chi connectivity index (χ2n) is 4.95. The van der Waals surface area contributed by atoms with Crippen LogP contribution in [0.4, 0.5) is 0 Å². The first kappa shape index (κ1) is 14.7. The van der Waals surface area contributed by atoms with Crippen molar-refractivity contribution in [1.82, 2.24) is 4.90 Å². The number of benzene rings is 1. The molecule has 1 rings (SSSR count). The van der Waals surface area contributed by atoms with E-state index in [-0.39, 0.29) is 17.9 Å². The number of carbonyl (C=O) groups is 1. The van der Waals surface area contributed by atoms with Gasteiger partial charge in [-0.3, -0.25) is 4.79 Å². The molecule has 1 aromatic carbocycles. The molecule has 0 aromatic heterocycles. The highest BCUT2D eigenvalue weighted by molar-refractivity contribution is 5.82. The molecule has 0 saturated heterocycles. The Morgan fingerprint density at radius 3 is 2.33 bits per heavy atom. The molecule has 0 saturated carbocycles. The molecule has 3 atom stereocenters. The number of carbonyl (C=O) groups excluding carboxylic acids is 1. The van der Waals surface area contributed by atoms with Crippen molar-refractivity contribution in [2.75, 3.05) is 7.05 Å². The molecule has 2 N–H and O–H groups in total. The molecule has 3 nitrogen and oxygen atoms in total. The lowest BCUT2D eigenvalue weighted by Crippen LogP contribution is -2.46. The summed E-state index contributed by atoms with van der Waals surface area (Å²) in [5.74, 6) is 0.226. The Bertz CT molecular complexity index is 377. The lowest BCUT2D eigenvalue weighted by molar-refractivity contribution is -0.134. The summed E-state index contributed by atoms with van der Waals surface area (Å²) in [4.78, 5) is 14.0. The Kier molecular flexibility index (Phi) is 5.35. The van der Waals surface area contributed by atoms with E-state index < -0.39 is 6.04 Å². The van der Waals surface area contributed by atoms with E-state index in [0.29, 0.717) is 0 Å². The van der Waals surface area contributed by atoms with E-state index in [4.69, 9.17) is 5.73 Å². The van der Waals surface area contributed by atoms with Crippen LogP contribution >= 0.6 is 0 Å². The highest BCUT2D eigenvalue weighted by atomic mass is 16.2. The first-order valence-corrected chi connectivity index (χ1v) is 6.56. The van der Waals surface area contributed by atoms with E-state index in [1.807, 2.05) is 51.2 Å². The van der Waals surface area contributed by atoms with Gasteiger partial charge in [0, 0.05) is 7.05 Å². The largest absolute Gasteiger partial charge is 0.338 e. The molecule has 18 heavy (non-hydrogen) atoms. The van der Waals surface area contributed by atoms with Crippen LogP contribution in [0.5, 0.6) is 0 Å². The molecule has 2 unspecified atom stereocenters. The van der Waals surface area contributed by atoms with Gasteiger partial charge in [0.1, 0.15) is 0 Å². The fourth-order valence-electron chi connectivity index (χ4n) is 1.88. The van der Waals surface area contributed by atoms with Gasteiger partial charge in [-0.05, 0) is 18.4 Å². The molecule has 0 spiro atoms. The van der Waals surface area contributed by atoms with Crippen LogP contribution in [0.3, 0.4) is 0 Å². The van der Waals surface area contributed by atoms with E-state index in [9.17, 15) is 4.79 Å².